The lowest BCUT2D eigenvalue weighted by molar-refractivity contribution is -0.115. The first-order chi connectivity index (χ1) is 13.3. The average Bonchev–Trinajstić information content (AvgIpc) is 3.22. The summed E-state index contributed by atoms with van der Waals surface area (Å²) in [6.07, 6.45) is 1.61. The van der Waals surface area contributed by atoms with Crippen LogP contribution in [0.1, 0.15) is 19.6 Å². The summed E-state index contributed by atoms with van der Waals surface area (Å²) < 4.78 is 7.17. The zero-order valence-electron chi connectivity index (χ0n) is 16.0. The normalized spacial score (nSPS) is 11.9. The van der Waals surface area contributed by atoms with Crippen molar-refractivity contribution < 1.29 is 14.0 Å². The van der Waals surface area contributed by atoms with Crippen molar-refractivity contribution in [2.24, 2.45) is 7.05 Å². The summed E-state index contributed by atoms with van der Waals surface area (Å²) in [6.45, 7) is 5.12. The van der Waals surface area contributed by atoms with E-state index < -0.39 is 0 Å². The van der Waals surface area contributed by atoms with Gasteiger partial charge in [0.2, 0.25) is 11.8 Å². The standard InChI is InChI=1S/C19H21N5O3S/c1-11-16(9-10-27-11)17-22-23-19(24(17)4)28-12(2)18(26)21-15-7-5-14(6-8-15)20-13(3)25/h5-10,12H,1-4H3,(H,20,25)(H,21,26)/t12-/m1/s1. The molecule has 2 N–H and O–H groups in total. The average molecular weight is 399 g/mol. The van der Waals surface area contributed by atoms with Crippen molar-refractivity contribution in [3.05, 3.63) is 42.4 Å². The maximum atomic E-state index is 12.5. The van der Waals surface area contributed by atoms with Crippen molar-refractivity contribution in [3.8, 4) is 11.4 Å². The van der Waals surface area contributed by atoms with Crippen LogP contribution in [0.3, 0.4) is 0 Å². The number of thioether (sulfide) groups is 1. The molecule has 3 aromatic rings. The monoisotopic (exact) mass is 399 g/mol. The van der Waals surface area contributed by atoms with Crippen molar-refractivity contribution in [1.29, 1.82) is 0 Å². The summed E-state index contributed by atoms with van der Waals surface area (Å²) >= 11 is 1.32. The van der Waals surface area contributed by atoms with Crippen molar-refractivity contribution >= 4 is 35.0 Å². The number of amides is 2. The number of aryl methyl sites for hydroxylation is 1. The summed E-state index contributed by atoms with van der Waals surface area (Å²) in [5.41, 5.74) is 2.20. The molecular weight excluding hydrogens is 378 g/mol. The van der Waals surface area contributed by atoms with Gasteiger partial charge in [0, 0.05) is 25.3 Å². The smallest absolute Gasteiger partial charge is 0.237 e. The molecule has 0 aliphatic rings. The number of hydrogen-bond donors (Lipinski definition) is 2. The van der Waals surface area contributed by atoms with E-state index >= 15 is 0 Å². The van der Waals surface area contributed by atoms with Gasteiger partial charge in [-0.25, -0.2) is 0 Å². The number of hydrogen-bond acceptors (Lipinski definition) is 6. The summed E-state index contributed by atoms with van der Waals surface area (Å²) in [6, 6.07) is 8.79. The third-order valence-electron chi connectivity index (χ3n) is 4.06. The van der Waals surface area contributed by atoms with E-state index in [0.29, 0.717) is 22.4 Å². The Morgan fingerprint density at radius 1 is 1.11 bits per heavy atom. The second kappa shape index (κ2) is 8.30. The van der Waals surface area contributed by atoms with Gasteiger partial charge in [0.1, 0.15) is 5.76 Å². The van der Waals surface area contributed by atoms with Gasteiger partial charge in [-0.3, -0.25) is 9.59 Å². The lowest BCUT2D eigenvalue weighted by Crippen LogP contribution is -2.22. The summed E-state index contributed by atoms with van der Waals surface area (Å²) in [4.78, 5) is 23.6. The van der Waals surface area contributed by atoms with Crippen LogP contribution in [0.5, 0.6) is 0 Å². The van der Waals surface area contributed by atoms with E-state index in [1.807, 2.05) is 31.5 Å². The molecule has 0 spiro atoms. The molecule has 3 rings (SSSR count). The fourth-order valence-corrected chi connectivity index (χ4v) is 3.38. The van der Waals surface area contributed by atoms with E-state index in [1.165, 1.54) is 18.7 Å². The van der Waals surface area contributed by atoms with Crippen LogP contribution in [0, 0.1) is 6.92 Å². The first kappa shape index (κ1) is 19.7. The maximum absolute atomic E-state index is 12.5. The van der Waals surface area contributed by atoms with Gasteiger partial charge in [-0.1, -0.05) is 11.8 Å². The Hall–Kier alpha value is -3.07. The molecule has 0 saturated carbocycles. The molecule has 146 valence electrons. The molecule has 8 nitrogen and oxygen atoms in total. The Morgan fingerprint density at radius 2 is 1.75 bits per heavy atom. The molecule has 9 heteroatoms. The summed E-state index contributed by atoms with van der Waals surface area (Å²) in [7, 11) is 1.86. The summed E-state index contributed by atoms with van der Waals surface area (Å²) in [5.74, 6) is 1.16. The molecule has 28 heavy (non-hydrogen) atoms. The molecule has 2 amide bonds. The first-order valence-corrected chi connectivity index (χ1v) is 9.52. The van der Waals surface area contributed by atoms with Crippen molar-refractivity contribution in [2.75, 3.05) is 10.6 Å². The van der Waals surface area contributed by atoms with E-state index in [2.05, 4.69) is 20.8 Å². The molecule has 0 saturated heterocycles. The van der Waals surface area contributed by atoms with Crippen molar-refractivity contribution in [3.63, 3.8) is 0 Å². The van der Waals surface area contributed by atoms with Crippen LogP contribution in [-0.2, 0) is 16.6 Å². The second-order valence-corrected chi connectivity index (χ2v) is 7.57. The molecule has 0 aliphatic heterocycles. The SMILES string of the molecule is CC(=O)Nc1ccc(NC(=O)[C@@H](C)Sc2nnc(-c3ccoc3C)n2C)cc1. The van der Waals surface area contributed by atoms with E-state index in [9.17, 15) is 9.59 Å². The van der Waals surface area contributed by atoms with Crippen LogP contribution >= 0.6 is 11.8 Å². The maximum Gasteiger partial charge on any atom is 0.237 e. The van der Waals surface area contributed by atoms with Gasteiger partial charge >= 0.3 is 0 Å². The van der Waals surface area contributed by atoms with Crippen LogP contribution in [0.25, 0.3) is 11.4 Å². The topological polar surface area (TPSA) is 102 Å². The molecule has 2 aromatic heterocycles. The largest absolute Gasteiger partial charge is 0.469 e. The highest BCUT2D eigenvalue weighted by atomic mass is 32.2. The number of carbonyl (C=O) groups excluding carboxylic acids is 2. The first-order valence-electron chi connectivity index (χ1n) is 8.64. The van der Waals surface area contributed by atoms with Crippen LogP contribution in [0.2, 0.25) is 0 Å². The van der Waals surface area contributed by atoms with E-state index in [-0.39, 0.29) is 17.1 Å². The minimum Gasteiger partial charge on any atom is -0.469 e. The van der Waals surface area contributed by atoms with Gasteiger partial charge in [-0.15, -0.1) is 10.2 Å². The van der Waals surface area contributed by atoms with Gasteiger partial charge in [-0.2, -0.15) is 0 Å². The number of furan rings is 1. The Bertz CT molecular complexity index is 993. The Balaban J connectivity index is 1.64. The zero-order valence-corrected chi connectivity index (χ0v) is 16.8. The molecular formula is C19H21N5O3S. The van der Waals surface area contributed by atoms with E-state index in [4.69, 9.17) is 4.42 Å². The van der Waals surface area contributed by atoms with Gasteiger partial charge < -0.3 is 19.6 Å². The Morgan fingerprint density at radius 3 is 2.32 bits per heavy atom. The van der Waals surface area contributed by atoms with Crippen molar-refractivity contribution in [1.82, 2.24) is 14.8 Å². The summed E-state index contributed by atoms with van der Waals surface area (Å²) in [5, 5.41) is 14.2. The molecule has 0 radical (unpaired) electrons. The third-order valence-corrected chi connectivity index (χ3v) is 5.19. The van der Waals surface area contributed by atoms with Crippen LogP contribution in [0.15, 0.2) is 46.2 Å². The lowest BCUT2D eigenvalue weighted by atomic mass is 10.2. The number of anilines is 2. The number of aromatic nitrogens is 3. The van der Waals surface area contributed by atoms with Crippen LogP contribution in [0.4, 0.5) is 11.4 Å². The predicted octanol–water partition coefficient (Wildman–Crippen LogP) is 3.46. The van der Waals surface area contributed by atoms with Gasteiger partial charge in [0.15, 0.2) is 11.0 Å². The minimum atomic E-state index is -0.379. The van der Waals surface area contributed by atoms with Gasteiger partial charge in [-0.05, 0) is 44.2 Å². The molecule has 0 bridgehead atoms. The fourth-order valence-electron chi connectivity index (χ4n) is 2.56. The molecule has 0 fully saturated rings. The molecule has 0 unspecified atom stereocenters. The molecule has 1 atom stereocenters. The highest BCUT2D eigenvalue weighted by molar-refractivity contribution is 8.00. The third kappa shape index (κ3) is 4.42. The molecule has 1 aromatic carbocycles. The highest BCUT2D eigenvalue weighted by Gasteiger charge is 2.20. The van der Waals surface area contributed by atoms with Gasteiger partial charge in [0.05, 0.1) is 17.1 Å². The van der Waals surface area contributed by atoms with E-state index in [1.54, 1.807) is 30.5 Å². The zero-order chi connectivity index (χ0) is 20.3. The lowest BCUT2D eigenvalue weighted by Gasteiger charge is -2.12. The Kier molecular flexibility index (Phi) is 5.84. The number of rotatable bonds is 6. The second-order valence-electron chi connectivity index (χ2n) is 6.26. The molecule has 2 heterocycles. The molecule has 0 aliphatic carbocycles. The Labute approximate surface area is 166 Å². The quantitative estimate of drug-likeness (QED) is 0.616. The minimum absolute atomic E-state index is 0.143. The van der Waals surface area contributed by atoms with Gasteiger partial charge in [0.25, 0.3) is 0 Å². The highest BCUT2D eigenvalue weighted by Crippen LogP contribution is 2.28. The van der Waals surface area contributed by atoms with Crippen LogP contribution < -0.4 is 10.6 Å². The van der Waals surface area contributed by atoms with Crippen molar-refractivity contribution in [2.45, 2.75) is 31.2 Å². The van der Waals surface area contributed by atoms with E-state index in [0.717, 1.165) is 11.3 Å². The fraction of sp³-hybridized carbons (Fsp3) is 0.263. The number of benzene rings is 1. The number of carbonyl (C=O) groups is 2. The predicted molar refractivity (Wildman–Crippen MR) is 108 cm³/mol. The number of nitrogens with one attached hydrogen (secondary N) is 2. The van der Waals surface area contributed by atoms with Crippen LogP contribution in [-0.4, -0.2) is 31.8 Å². The number of nitrogens with zero attached hydrogens (tertiary/aromatic N) is 3.